The van der Waals surface area contributed by atoms with Crippen molar-refractivity contribution in [1.29, 1.82) is 0 Å². The number of amides is 1. The van der Waals surface area contributed by atoms with Gasteiger partial charge in [0.2, 0.25) is 11.2 Å². The van der Waals surface area contributed by atoms with Crippen molar-refractivity contribution in [3.8, 4) is 0 Å². The average molecular weight is 302 g/mol. The van der Waals surface area contributed by atoms with E-state index in [0.29, 0.717) is 10.4 Å². The molecule has 0 aliphatic heterocycles. The lowest BCUT2D eigenvalue weighted by Crippen LogP contribution is -2.46. The van der Waals surface area contributed by atoms with E-state index in [1.54, 1.807) is 26.2 Å². The summed E-state index contributed by atoms with van der Waals surface area (Å²) in [6.07, 6.45) is -0.695. The number of esters is 1. The molecule has 1 atom stereocenters. The summed E-state index contributed by atoms with van der Waals surface area (Å²) in [6.45, 7) is 5.14. The standard InChI is InChI=1S/C12H18N2O5S/c1-12(2,3)19-11(16)13-9(10(15)18-4)5-8-6-20-7-14(8)17/h6-7,9H,5H2,1-4H3,(H,13,16)/t9-/m0/s1. The van der Waals surface area contributed by atoms with Crippen LogP contribution in [0.25, 0.3) is 0 Å². The Labute approximate surface area is 121 Å². The Kier molecular flexibility index (Phi) is 5.32. The molecule has 0 saturated carbocycles. The van der Waals surface area contributed by atoms with E-state index < -0.39 is 23.7 Å². The minimum absolute atomic E-state index is 0.0406. The lowest BCUT2D eigenvalue weighted by molar-refractivity contribution is -0.608. The van der Waals surface area contributed by atoms with Gasteiger partial charge < -0.3 is 20.0 Å². The van der Waals surface area contributed by atoms with Crippen LogP contribution in [0.3, 0.4) is 0 Å². The van der Waals surface area contributed by atoms with Gasteiger partial charge in [-0.2, -0.15) is 4.73 Å². The molecule has 0 unspecified atom stereocenters. The van der Waals surface area contributed by atoms with E-state index in [9.17, 15) is 14.8 Å². The van der Waals surface area contributed by atoms with Gasteiger partial charge in [0, 0.05) is 0 Å². The second-order valence-electron chi connectivity index (χ2n) is 5.10. The van der Waals surface area contributed by atoms with Gasteiger partial charge in [0.05, 0.1) is 18.9 Å². The molecular formula is C12H18N2O5S. The number of ether oxygens (including phenoxy) is 2. The highest BCUT2D eigenvalue weighted by atomic mass is 32.1. The number of alkyl carbamates (subject to hydrolysis) is 1. The lowest BCUT2D eigenvalue weighted by Gasteiger charge is -2.22. The smallest absolute Gasteiger partial charge is 0.408 e. The monoisotopic (exact) mass is 302 g/mol. The van der Waals surface area contributed by atoms with Crippen molar-refractivity contribution in [2.24, 2.45) is 0 Å². The molecule has 0 spiro atoms. The molecule has 0 aliphatic carbocycles. The van der Waals surface area contributed by atoms with Crippen LogP contribution < -0.4 is 10.0 Å². The maximum absolute atomic E-state index is 11.7. The zero-order chi connectivity index (χ0) is 15.3. The molecule has 1 aromatic heterocycles. The van der Waals surface area contributed by atoms with E-state index in [-0.39, 0.29) is 6.42 Å². The number of rotatable bonds is 4. The van der Waals surface area contributed by atoms with E-state index in [1.165, 1.54) is 24.0 Å². The quantitative estimate of drug-likeness (QED) is 0.509. The number of aromatic nitrogens is 1. The molecule has 1 heterocycles. The molecule has 1 aromatic rings. The molecule has 8 heteroatoms. The first-order valence-corrected chi connectivity index (χ1v) is 6.89. The van der Waals surface area contributed by atoms with Crippen LogP contribution in [0.1, 0.15) is 26.5 Å². The van der Waals surface area contributed by atoms with Crippen molar-refractivity contribution in [2.75, 3.05) is 7.11 Å². The van der Waals surface area contributed by atoms with E-state index in [1.807, 2.05) is 0 Å². The first-order chi connectivity index (χ1) is 9.23. The van der Waals surface area contributed by atoms with E-state index in [2.05, 4.69) is 10.1 Å². The fraction of sp³-hybridized carbons (Fsp3) is 0.583. The minimum Gasteiger partial charge on any atom is -0.618 e. The summed E-state index contributed by atoms with van der Waals surface area (Å²) in [5, 5.41) is 15.4. The van der Waals surface area contributed by atoms with E-state index in [0.717, 1.165) is 0 Å². The number of thiazole rings is 1. The van der Waals surface area contributed by atoms with Gasteiger partial charge in [-0.25, -0.2) is 9.59 Å². The fourth-order valence-electron chi connectivity index (χ4n) is 1.42. The molecule has 0 bridgehead atoms. The minimum atomic E-state index is -0.968. The largest absolute Gasteiger partial charge is 0.618 e. The van der Waals surface area contributed by atoms with Crippen LogP contribution in [0.4, 0.5) is 4.79 Å². The summed E-state index contributed by atoms with van der Waals surface area (Å²) in [5.74, 6) is -0.637. The molecule has 1 N–H and O–H groups in total. The van der Waals surface area contributed by atoms with Gasteiger partial charge in [0.1, 0.15) is 11.6 Å². The normalized spacial score (nSPS) is 12.6. The molecule has 0 radical (unpaired) electrons. The van der Waals surface area contributed by atoms with Crippen LogP contribution in [0, 0.1) is 5.21 Å². The average Bonchev–Trinajstić information content (AvgIpc) is 2.70. The van der Waals surface area contributed by atoms with Crippen LogP contribution in [-0.4, -0.2) is 30.8 Å². The lowest BCUT2D eigenvalue weighted by atomic mass is 10.1. The third-order valence-corrected chi connectivity index (χ3v) is 2.96. The second-order valence-corrected chi connectivity index (χ2v) is 5.82. The first kappa shape index (κ1) is 16.2. The molecular weight excluding hydrogens is 284 g/mol. The molecule has 0 saturated heterocycles. The molecule has 7 nitrogen and oxygen atoms in total. The highest BCUT2D eigenvalue weighted by Crippen LogP contribution is 2.08. The third-order valence-electron chi connectivity index (χ3n) is 2.23. The maximum Gasteiger partial charge on any atom is 0.408 e. The molecule has 1 amide bonds. The van der Waals surface area contributed by atoms with Crippen LogP contribution in [0.15, 0.2) is 10.9 Å². The van der Waals surface area contributed by atoms with Crippen LogP contribution in [-0.2, 0) is 20.7 Å². The third kappa shape index (κ3) is 5.04. The van der Waals surface area contributed by atoms with Crippen molar-refractivity contribution in [3.05, 3.63) is 21.8 Å². The number of carbonyl (C=O) groups excluding carboxylic acids is 2. The van der Waals surface area contributed by atoms with E-state index in [4.69, 9.17) is 4.74 Å². The number of hydrogen-bond acceptors (Lipinski definition) is 6. The molecule has 0 aliphatic rings. The molecule has 20 heavy (non-hydrogen) atoms. The van der Waals surface area contributed by atoms with Gasteiger partial charge in [0.15, 0.2) is 0 Å². The molecule has 0 aromatic carbocycles. The zero-order valence-corrected chi connectivity index (χ0v) is 12.7. The Morgan fingerprint density at radius 1 is 1.50 bits per heavy atom. The van der Waals surface area contributed by atoms with Crippen LogP contribution in [0.5, 0.6) is 0 Å². The Morgan fingerprint density at radius 2 is 2.15 bits per heavy atom. The topological polar surface area (TPSA) is 91.6 Å². The van der Waals surface area contributed by atoms with Crippen LogP contribution >= 0.6 is 11.3 Å². The first-order valence-electron chi connectivity index (χ1n) is 5.94. The second kappa shape index (κ2) is 6.56. The van der Waals surface area contributed by atoms with E-state index >= 15 is 0 Å². The number of nitrogens with one attached hydrogen (secondary N) is 1. The Hall–Kier alpha value is -1.83. The van der Waals surface area contributed by atoms with Gasteiger partial charge in [-0.1, -0.05) is 11.3 Å². The fourth-order valence-corrected chi connectivity index (χ4v) is 2.08. The summed E-state index contributed by atoms with van der Waals surface area (Å²) >= 11 is 1.21. The van der Waals surface area contributed by atoms with Crippen LogP contribution in [0.2, 0.25) is 0 Å². The summed E-state index contributed by atoms with van der Waals surface area (Å²) in [5.41, 5.74) is 1.06. The predicted molar refractivity (Wildman–Crippen MR) is 72.2 cm³/mol. The highest BCUT2D eigenvalue weighted by molar-refractivity contribution is 7.07. The number of carbonyl (C=O) groups is 2. The van der Waals surface area contributed by atoms with Crippen molar-refractivity contribution in [2.45, 2.75) is 38.8 Å². The zero-order valence-electron chi connectivity index (χ0n) is 11.8. The molecule has 1 rings (SSSR count). The number of methoxy groups -OCH3 is 1. The van der Waals surface area contributed by atoms with Crippen molar-refractivity contribution in [3.63, 3.8) is 0 Å². The van der Waals surface area contributed by atoms with Gasteiger partial charge in [0.25, 0.3) is 0 Å². The molecule has 0 fully saturated rings. The molecule has 112 valence electrons. The van der Waals surface area contributed by atoms with Gasteiger partial charge in [-0.05, 0) is 20.8 Å². The Morgan fingerprint density at radius 3 is 2.60 bits per heavy atom. The summed E-state index contributed by atoms with van der Waals surface area (Å²) < 4.78 is 10.3. The van der Waals surface area contributed by atoms with Crippen molar-refractivity contribution in [1.82, 2.24) is 5.32 Å². The Bertz CT molecular complexity index is 480. The van der Waals surface area contributed by atoms with Crippen molar-refractivity contribution < 1.29 is 23.8 Å². The summed E-state index contributed by atoms with van der Waals surface area (Å²) in [4.78, 5) is 23.3. The SMILES string of the molecule is COC(=O)[C@H](Cc1csc[n+]1[O-])NC(=O)OC(C)(C)C. The summed E-state index contributed by atoms with van der Waals surface area (Å²) in [7, 11) is 1.21. The van der Waals surface area contributed by atoms with Gasteiger partial charge >= 0.3 is 12.1 Å². The van der Waals surface area contributed by atoms with Gasteiger partial charge in [-0.15, -0.1) is 0 Å². The van der Waals surface area contributed by atoms with Gasteiger partial charge in [-0.3, -0.25) is 0 Å². The number of hydrogen-bond donors (Lipinski definition) is 1. The number of nitrogens with zero attached hydrogens (tertiary/aromatic N) is 1. The predicted octanol–water partition coefficient (Wildman–Crippen LogP) is 0.990. The maximum atomic E-state index is 11.7. The highest BCUT2D eigenvalue weighted by Gasteiger charge is 2.27. The van der Waals surface area contributed by atoms with Crippen molar-refractivity contribution >= 4 is 23.4 Å². The summed E-state index contributed by atoms with van der Waals surface area (Å²) in [6, 6.07) is -0.968. The Balaban J connectivity index is 2.73.